The highest BCUT2D eigenvalue weighted by Gasteiger charge is 2.24. The number of ether oxygens (including phenoxy) is 1. The summed E-state index contributed by atoms with van der Waals surface area (Å²) >= 11 is 1.57. The molecule has 0 saturated carbocycles. The van der Waals surface area contributed by atoms with Crippen molar-refractivity contribution in [3.8, 4) is 5.75 Å². The van der Waals surface area contributed by atoms with Crippen molar-refractivity contribution in [1.29, 1.82) is 0 Å². The zero-order chi connectivity index (χ0) is 21.2. The molecule has 2 aromatic carbocycles. The van der Waals surface area contributed by atoms with E-state index in [0.29, 0.717) is 0 Å². The van der Waals surface area contributed by atoms with Gasteiger partial charge in [-0.15, -0.1) is 11.3 Å². The summed E-state index contributed by atoms with van der Waals surface area (Å²) in [5.41, 5.74) is 3.14. The number of methoxy groups -OCH3 is 1. The van der Waals surface area contributed by atoms with Crippen LogP contribution in [-0.2, 0) is 6.54 Å². The molecule has 2 aliphatic rings. The van der Waals surface area contributed by atoms with E-state index in [4.69, 9.17) is 4.74 Å². The van der Waals surface area contributed by atoms with Gasteiger partial charge in [0.05, 0.1) is 12.0 Å². The van der Waals surface area contributed by atoms with Crippen LogP contribution in [0.1, 0.15) is 51.5 Å². The first-order valence-corrected chi connectivity index (χ1v) is 11.9. The summed E-state index contributed by atoms with van der Waals surface area (Å²) < 4.78 is 6.50. The van der Waals surface area contributed by atoms with Crippen molar-refractivity contribution in [3.63, 3.8) is 0 Å². The van der Waals surface area contributed by atoms with Crippen molar-refractivity contribution in [3.05, 3.63) is 88.3 Å². The quantitative estimate of drug-likeness (QED) is 0.429. The van der Waals surface area contributed by atoms with Crippen molar-refractivity contribution in [1.82, 2.24) is 4.90 Å². The average Bonchev–Trinajstić information content (AvgIpc) is 3.47. The molecule has 3 aromatic rings. The molecule has 1 aliphatic carbocycles. The highest BCUT2D eigenvalue weighted by Crippen LogP contribution is 2.41. The van der Waals surface area contributed by atoms with Crippen molar-refractivity contribution in [2.75, 3.05) is 20.2 Å². The van der Waals surface area contributed by atoms with E-state index in [0.717, 1.165) is 38.4 Å². The first-order valence-electron chi connectivity index (χ1n) is 11.0. The number of hydrogen-bond acceptors (Lipinski definition) is 4. The second-order valence-electron chi connectivity index (χ2n) is 8.37. The van der Waals surface area contributed by atoms with Gasteiger partial charge in [-0.25, -0.2) is 0 Å². The molecule has 1 aromatic heterocycles. The van der Waals surface area contributed by atoms with E-state index in [1.807, 2.05) is 24.3 Å². The fraction of sp³-hybridized carbons (Fsp3) is 0.296. The van der Waals surface area contributed by atoms with Gasteiger partial charge in [0.25, 0.3) is 0 Å². The molecule has 1 fully saturated rings. The highest BCUT2D eigenvalue weighted by molar-refractivity contribution is 7.21. The third kappa shape index (κ3) is 4.10. The van der Waals surface area contributed by atoms with Crippen LogP contribution in [0, 0.1) is 0 Å². The second kappa shape index (κ2) is 8.81. The summed E-state index contributed by atoms with van der Waals surface area (Å²) in [4.78, 5) is 16.9. The molecule has 0 radical (unpaired) electrons. The monoisotopic (exact) mass is 429 g/mol. The lowest BCUT2D eigenvalue weighted by Gasteiger charge is -2.26. The van der Waals surface area contributed by atoms with E-state index in [-0.39, 0.29) is 11.7 Å². The van der Waals surface area contributed by atoms with Gasteiger partial charge < -0.3 is 4.74 Å². The Bertz CT molecular complexity index is 1140. The van der Waals surface area contributed by atoms with Gasteiger partial charge in [-0.05, 0) is 60.6 Å². The summed E-state index contributed by atoms with van der Waals surface area (Å²) in [6.07, 6.45) is 12.4. The second-order valence-corrected chi connectivity index (χ2v) is 9.42. The lowest BCUT2D eigenvalue weighted by Crippen LogP contribution is -2.29. The lowest BCUT2D eigenvalue weighted by molar-refractivity contribution is 0.104. The van der Waals surface area contributed by atoms with E-state index in [1.165, 1.54) is 37.9 Å². The summed E-state index contributed by atoms with van der Waals surface area (Å²) in [6, 6.07) is 14.3. The van der Waals surface area contributed by atoms with Gasteiger partial charge in [0.15, 0.2) is 0 Å². The molecule has 31 heavy (non-hydrogen) atoms. The van der Waals surface area contributed by atoms with E-state index >= 15 is 0 Å². The smallest absolute Gasteiger partial charge is 0.203 e. The van der Waals surface area contributed by atoms with Gasteiger partial charge in [-0.2, -0.15) is 0 Å². The summed E-state index contributed by atoms with van der Waals surface area (Å²) in [7, 11) is 1.68. The molecule has 0 atom stereocenters. The zero-order valence-electron chi connectivity index (χ0n) is 17.8. The van der Waals surface area contributed by atoms with E-state index < -0.39 is 0 Å². The summed E-state index contributed by atoms with van der Waals surface area (Å²) in [5.74, 6) is 1.06. The Balaban J connectivity index is 1.46. The fourth-order valence-electron chi connectivity index (χ4n) is 4.62. The van der Waals surface area contributed by atoms with Crippen molar-refractivity contribution in [2.45, 2.75) is 31.7 Å². The Hall–Kier alpha value is -2.69. The molecule has 0 unspecified atom stereocenters. The molecule has 3 nitrogen and oxygen atoms in total. The molecule has 2 heterocycles. The maximum absolute atomic E-state index is 13.6. The average molecular weight is 430 g/mol. The number of thiophene rings is 1. The normalized spacial score (nSPS) is 16.9. The molecule has 0 amide bonds. The van der Waals surface area contributed by atoms with Crippen LogP contribution in [0.2, 0.25) is 0 Å². The third-order valence-electron chi connectivity index (χ3n) is 6.29. The van der Waals surface area contributed by atoms with Crippen molar-refractivity contribution in [2.24, 2.45) is 0 Å². The van der Waals surface area contributed by atoms with Crippen LogP contribution >= 0.6 is 11.3 Å². The summed E-state index contributed by atoms with van der Waals surface area (Å²) in [6.45, 7) is 3.33. The van der Waals surface area contributed by atoms with E-state index in [1.54, 1.807) is 18.4 Å². The molecule has 0 N–H and O–H groups in total. The Morgan fingerprint density at radius 2 is 1.77 bits per heavy atom. The van der Waals surface area contributed by atoms with Crippen LogP contribution in [0.3, 0.4) is 0 Å². The van der Waals surface area contributed by atoms with Gasteiger partial charge >= 0.3 is 0 Å². The zero-order valence-corrected chi connectivity index (χ0v) is 18.7. The highest BCUT2D eigenvalue weighted by atomic mass is 32.1. The van der Waals surface area contributed by atoms with Gasteiger partial charge in [0.1, 0.15) is 5.75 Å². The van der Waals surface area contributed by atoms with Gasteiger partial charge in [0, 0.05) is 22.7 Å². The number of allylic oxidation sites excluding steroid dienone is 4. The van der Waals surface area contributed by atoms with E-state index in [9.17, 15) is 4.79 Å². The molecule has 4 heteroatoms. The third-order valence-corrected chi connectivity index (χ3v) is 7.46. The number of ketones is 1. The first-order chi connectivity index (χ1) is 15.2. The molecule has 1 saturated heterocycles. The number of benzene rings is 2. The number of fused-ring (bicyclic) bond motifs is 1. The van der Waals surface area contributed by atoms with Crippen LogP contribution in [0.15, 0.2) is 66.8 Å². The Morgan fingerprint density at radius 1 is 1.03 bits per heavy atom. The van der Waals surface area contributed by atoms with Crippen LogP contribution in [0.5, 0.6) is 5.75 Å². The van der Waals surface area contributed by atoms with Gasteiger partial charge in [0.2, 0.25) is 5.78 Å². The van der Waals surface area contributed by atoms with Crippen LogP contribution in [-0.4, -0.2) is 30.9 Å². The molecular formula is C27H27NO2S. The predicted octanol–water partition coefficient (Wildman–Crippen LogP) is 6.34. The fourth-order valence-corrected chi connectivity index (χ4v) is 5.87. The number of likely N-dealkylation sites (tertiary alicyclic amines) is 1. The maximum Gasteiger partial charge on any atom is 0.203 e. The molecule has 0 bridgehead atoms. The molecule has 0 spiro atoms. The number of hydrogen-bond donors (Lipinski definition) is 0. The molecular weight excluding hydrogens is 402 g/mol. The van der Waals surface area contributed by atoms with Crippen molar-refractivity contribution >= 4 is 27.2 Å². The predicted molar refractivity (Wildman–Crippen MR) is 128 cm³/mol. The lowest BCUT2D eigenvalue weighted by atomic mass is 9.94. The standard InChI is InChI=1S/C27H27NO2S/c1-30-22-13-14-23-24(17-22)31-27(25(23)20-7-3-4-8-20)26(29)21-11-9-19(10-12-21)18-28-15-5-2-6-16-28/h3-4,7-14,17,20H,2,5-6,15-16,18H2,1H3. The van der Waals surface area contributed by atoms with Crippen LogP contribution in [0.25, 0.3) is 10.1 Å². The number of piperidine rings is 1. The largest absolute Gasteiger partial charge is 0.497 e. The minimum absolute atomic E-state index is 0.105. The van der Waals surface area contributed by atoms with Crippen LogP contribution in [0.4, 0.5) is 0 Å². The topological polar surface area (TPSA) is 29.5 Å². The first kappa shape index (κ1) is 20.2. The summed E-state index contributed by atoms with van der Waals surface area (Å²) in [5, 5.41) is 1.14. The number of carbonyl (C=O) groups excluding carboxylic acids is 1. The Labute approximate surface area is 187 Å². The van der Waals surface area contributed by atoms with Crippen molar-refractivity contribution < 1.29 is 9.53 Å². The number of nitrogens with zero attached hydrogens (tertiary/aromatic N) is 1. The number of carbonyl (C=O) groups is 1. The SMILES string of the molecule is COc1ccc2c(C3C=CC=C3)c(C(=O)c3ccc(CN4CCCCC4)cc3)sc2c1. The van der Waals surface area contributed by atoms with E-state index in [2.05, 4.69) is 47.4 Å². The molecule has 158 valence electrons. The van der Waals surface area contributed by atoms with Crippen LogP contribution < -0.4 is 4.74 Å². The minimum Gasteiger partial charge on any atom is -0.497 e. The minimum atomic E-state index is 0.105. The Kier molecular flexibility index (Phi) is 5.75. The van der Waals surface area contributed by atoms with Gasteiger partial charge in [-0.1, -0.05) is 55.0 Å². The van der Waals surface area contributed by atoms with Gasteiger partial charge in [-0.3, -0.25) is 9.69 Å². The molecule has 5 rings (SSSR count). The number of rotatable bonds is 6. The maximum atomic E-state index is 13.6. The Morgan fingerprint density at radius 3 is 2.48 bits per heavy atom. The molecule has 1 aliphatic heterocycles.